The van der Waals surface area contributed by atoms with Crippen molar-refractivity contribution in [3.05, 3.63) is 12.2 Å². The molecule has 0 saturated carbocycles. The minimum atomic E-state index is -0.165. The normalized spacial score (nSPS) is 13.7. The van der Waals surface area contributed by atoms with Crippen molar-refractivity contribution in [2.24, 2.45) is 0 Å². The summed E-state index contributed by atoms with van der Waals surface area (Å²) < 4.78 is 5.61. The molecule has 172 valence electrons. The first-order chi connectivity index (χ1) is 14.1. The van der Waals surface area contributed by atoms with Gasteiger partial charge in [-0.3, -0.25) is 4.79 Å². The minimum absolute atomic E-state index is 0.00969. The summed E-state index contributed by atoms with van der Waals surface area (Å²) in [7, 11) is 0. The predicted octanol–water partition coefficient (Wildman–Crippen LogP) is 7.90. The van der Waals surface area contributed by atoms with Crippen LogP contribution in [0.5, 0.6) is 0 Å². The number of esters is 1. The largest absolute Gasteiger partial charge is 0.462 e. The van der Waals surface area contributed by atoms with E-state index in [1.807, 2.05) is 0 Å². The maximum absolute atomic E-state index is 12.0. The maximum atomic E-state index is 12.0. The Morgan fingerprint density at radius 2 is 1.41 bits per heavy atom. The van der Waals surface area contributed by atoms with Crippen LogP contribution in [-0.2, 0) is 9.53 Å². The standard InChI is InChI=1S/C26H50O3/c1-4-7-9-17-20-24(27)21-18-14-12-10-11-13-15-19-23-26(28)29-25(6-3)22-16-8-5-2/h14,18,24-25,27H,4-13,15-17,19-23H2,1-3H3/b18-14-. The maximum Gasteiger partial charge on any atom is 0.306 e. The fourth-order valence-electron chi connectivity index (χ4n) is 3.57. The van der Waals surface area contributed by atoms with Gasteiger partial charge >= 0.3 is 5.97 Å². The molecule has 0 radical (unpaired) electrons. The van der Waals surface area contributed by atoms with Crippen molar-refractivity contribution in [3.8, 4) is 0 Å². The molecule has 0 amide bonds. The number of aliphatic hydroxyl groups excluding tert-OH is 1. The third-order valence-electron chi connectivity index (χ3n) is 5.60. The summed E-state index contributed by atoms with van der Waals surface area (Å²) in [6.07, 6.45) is 23.8. The summed E-state index contributed by atoms with van der Waals surface area (Å²) in [6, 6.07) is 0. The van der Waals surface area contributed by atoms with Gasteiger partial charge in [-0.25, -0.2) is 0 Å². The molecule has 0 aromatic carbocycles. The van der Waals surface area contributed by atoms with Crippen molar-refractivity contribution < 1.29 is 14.6 Å². The number of allylic oxidation sites excluding steroid dienone is 1. The molecule has 0 aromatic rings. The molecular weight excluding hydrogens is 360 g/mol. The summed E-state index contributed by atoms with van der Waals surface area (Å²) in [4.78, 5) is 12.0. The van der Waals surface area contributed by atoms with E-state index in [1.54, 1.807) is 0 Å². The van der Waals surface area contributed by atoms with Gasteiger partial charge in [0.05, 0.1) is 6.10 Å². The molecule has 0 aliphatic heterocycles. The van der Waals surface area contributed by atoms with Gasteiger partial charge in [0.25, 0.3) is 0 Å². The van der Waals surface area contributed by atoms with Crippen molar-refractivity contribution in [2.45, 2.75) is 149 Å². The molecule has 3 heteroatoms. The molecule has 2 unspecified atom stereocenters. The first-order valence-corrected chi connectivity index (χ1v) is 12.7. The Kier molecular flexibility index (Phi) is 21.2. The Balaban J connectivity index is 3.50. The zero-order valence-corrected chi connectivity index (χ0v) is 19.8. The molecule has 0 bridgehead atoms. The van der Waals surface area contributed by atoms with E-state index in [4.69, 9.17) is 4.74 Å². The number of carbonyl (C=O) groups excluding carboxylic acids is 1. The van der Waals surface area contributed by atoms with Crippen LogP contribution in [0, 0.1) is 0 Å². The van der Waals surface area contributed by atoms with Crippen LogP contribution < -0.4 is 0 Å². The van der Waals surface area contributed by atoms with E-state index >= 15 is 0 Å². The van der Waals surface area contributed by atoms with E-state index in [1.165, 1.54) is 51.4 Å². The van der Waals surface area contributed by atoms with Crippen molar-refractivity contribution in [1.29, 1.82) is 0 Å². The lowest BCUT2D eigenvalue weighted by Gasteiger charge is -2.16. The minimum Gasteiger partial charge on any atom is -0.462 e. The highest BCUT2D eigenvalue weighted by molar-refractivity contribution is 5.69. The first kappa shape index (κ1) is 28.2. The highest BCUT2D eigenvalue weighted by atomic mass is 16.5. The average Bonchev–Trinajstić information content (AvgIpc) is 2.72. The van der Waals surface area contributed by atoms with Gasteiger partial charge < -0.3 is 9.84 Å². The van der Waals surface area contributed by atoms with Crippen LogP contribution in [0.4, 0.5) is 0 Å². The van der Waals surface area contributed by atoms with Crippen molar-refractivity contribution in [1.82, 2.24) is 0 Å². The second kappa shape index (κ2) is 21.9. The number of unbranched alkanes of at least 4 members (excludes halogenated alkanes) is 10. The number of aliphatic hydroxyl groups is 1. The Hall–Kier alpha value is -0.830. The number of hydrogen-bond donors (Lipinski definition) is 1. The molecule has 0 aromatic heterocycles. The van der Waals surface area contributed by atoms with Crippen LogP contribution in [0.3, 0.4) is 0 Å². The van der Waals surface area contributed by atoms with E-state index in [-0.39, 0.29) is 18.2 Å². The molecule has 29 heavy (non-hydrogen) atoms. The van der Waals surface area contributed by atoms with Crippen molar-refractivity contribution in [3.63, 3.8) is 0 Å². The van der Waals surface area contributed by atoms with E-state index < -0.39 is 0 Å². The molecule has 0 fully saturated rings. The third-order valence-corrected chi connectivity index (χ3v) is 5.60. The lowest BCUT2D eigenvalue weighted by molar-refractivity contribution is -0.149. The second-order valence-electron chi connectivity index (χ2n) is 8.53. The van der Waals surface area contributed by atoms with Crippen molar-refractivity contribution >= 4 is 5.97 Å². The first-order valence-electron chi connectivity index (χ1n) is 12.7. The molecule has 3 nitrogen and oxygen atoms in total. The fourth-order valence-corrected chi connectivity index (χ4v) is 3.57. The number of ether oxygens (including phenoxy) is 1. The summed E-state index contributed by atoms with van der Waals surface area (Å²) in [5.41, 5.74) is 0. The van der Waals surface area contributed by atoms with Crippen LogP contribution in [-0.4, -0.2) is 23.3 Å². The monoisotopic (exact) mass is 410 g/mol. The molecule has 0 heterocycles. The third kappa shape index (κ3) is 20.2. The van der Waals surface area contributed by atoms with Crippen LogP contribution in [0.25, 0.3) is 0 Å². The zero-order valence-electron chi connectivity index (χ0n) is 19.8. The quantitative estimate of drug-likeness (QED) is 0.119. The molecule has 0 rings (SSSR count). The number of hydrogen-bond acceptors (Lipinski definition) is 3. The highest BCUT2D eigenvalue weighted by Crippen LogP contribution is 2.13. The Bertz CT molecular complexity index is 378. The summed E-state index contributed by atoms with van der Waals surface area (Å²) >= 11 is 0. The molecule has 0 saturated heterocycles. The summed E-state index contributed by atoms with van der Waals surface area (Å²) in [6.45, 7) is 6.52. The van der Waals surface area contributed by atoms with E-state index in [9.17, 15) is 9.90 Å². The van der Waals surface area contributed by atoms with Gasteiger partial charge in [0.15, 0.2) is 0 Å². The van der Waals surface area contributed by atoms with Gasteiger partial charge in [0.2, 0.25) is 0 Å². The lowest BCUT2D eigenvalue weighted by Crippen LogP contribution is -2.17. The van der Waals surface area contributed by atoms with Gasteiger partial charge in [-0.2, -0.15) is 0 Å². The Labute approximate surface area is 181 Å². The van der Waals surface area contributed by atoms with Crippen LogP contribution in [0.15, 0.2) is 12.2 Å². The van der Waals surface area contributed by atoms with Gasteiger partial charge in [0.1, 0.15) is 6.10 Å². The lowest BCUT2D eigenvalue weighted by atomic mass is 10.1. The highest BCUT2D eigenvalue weighted by Gasteiger charge is 2.11. The Morgan fingerprint density at radius 1 is 0.793 bits per heavy atom. The number of carbonyl (C=O) groups is 1. The molecular formula is C26H50O3. The molecule has 1 N–H and O–H groups in total. The SMILES string of the molecule is CCCCCCC(O)C/C=C\CCCCCCCC(=O)OC(CC)CCCCC. The van der Waals surface area contributed by atoms with E-state index in [0.717, 1.165) is 57.8 Å². The summed E-state index contributed by atoms with van der Waals surface area (Å²) in [5.74, 6) is -0.00969. The smallest absolute Gasteiger partial charge is 0.306 e. The zero-order chi connectivity index (χ0) is 21.6. The van der Waals surface area contributed by atoms with E-state index in [0.29, 0.717) is 6.42 Å². The average molecular weight is 411 g/mol. The van der Waals surface area contributed by atoms with Gasteiger partial charge in [0, 0.05) is 6.42 Å². The van der Waals surface area contributed by atoms with Gasteiger partial charge in [-0.15, -0.1) is 0 Å². The Morgan fingerprint density at radius 3 is 2.14 bits per heavy atom. The van der Waals surface area contributed by atoms with Crippen LogP contribution in [0.1, 0.15) is 136 Å². The topological polar surface area (TPSA) is 46.5 Å². The van der Waals surface area contributed by atoms with Crippen molar-refractivity contribution in [2.75, 3.05) is 0 Å². The van der Waals surface area contributed by atoms with Crippen LogP contribution >= 0.6 is 0 Å². The fraction of sp³-hybridized carbons (Fsp3) is 0.885. The van der Waals surface area contributed by atoms with E-state index in [2.05, 4.69) is 32.9 Å². The van der Waals surface area contributed by atoms with Gasteiger partial charge in [-0.1, -0.05) is 90.7 Å². The summed E-state index contributed by atoms with van der Waals surface area (Å²) in [5, 5.41) is 9.93. The van der Waals surface area contributed by atoms with Crippen LogP contribution in [0.2, 0.25) is 0 Å². The van der Waals surface area contributed by atoms with Gasteiger partial charge in [-0.05, 0) is 51.4 Å². The molecule has 0 aliphatic rings. The number of rotatable bonds is 21. The second-order valence-corrected chi connectivity index (χ2v) is 8.53. The molecule has 0 spiro atoms. The molecule has 2 atom stereocenters. The predicted molar refractivity (Wildman–Crippen MR) is 125 cm³/mol. The molecule has 0 aliphatic carbocycles.